The van der Waals surface area contributed by atoms with Crippen molar-refractivity contribution in [3.05, 3.63) is 21.9 Å². The maximum absolute atomic E-state index is 12.6. The molecule has 0 radical (unpaired) electrons. The van der Waals surface area contributed by atoms with Crippen LogP contribution in [0.5, 0.6) is 0 Å². The van der Waals surface area contributed by atoms with Crippen LogP contribution in [-0.4, -0.2) is 24.5 Å². The topological polar surface area (TPSA) is 35.2 Å². The predicted octanol–water partition coefficient (Wildman–Crippen LogP) is 4.34. The van der Waals surface area contributed by atoms with Gasteiger partial charge in [0.2, 0.25) is 6.10 Å². The molecule has 2 nitrogen and oxygen atoms in total. The highest BCUT2D eigenvalue weighted by molar-refractivity contribution is 7.10. The monoisotopic (exact) mass is 335 g/mol. The van der Waals surface area contributed by atoms with Crippen molar-refractivity contribution in [1.29, 1.82) is 0 Å². The molecule has 0 aliphatic rings. The number of thiophene rings is 1. The average Bonchev–Trinajstić information content (AvgIpc) is 2.72. The summed E-state index contributed by atoms with van der Waals surface area (Å²) in [5, 5.41) is 1.57. The Bertz CT molecular complexity index is 441. The zero-order valence-corrected chi connectivity index (χ0v) is 12.1. The minimum absolute atomic E-state index is 0.185. The zero-order valence-electron chi connectivity index (χ0n) is 11.3. The van der Waals surface area contributed by atoms with Crippen LogP contribution in [0.3, 0.4) is 0 Å². The van der Waals surface area contributed by atoms with E-state index in [-0.39, 0.29) is 11.3 Å². The first-order chi connectivity index (χ1) is 9.48. The standard InChI is InChI=1S/C12H15F6NOS/c1-3-7(19)8(9-6(2)4-5-21-9)20-10(11(13,14)15)12(16,17)18/h4-5,7-8,10H,3,19H2,1-2H3. The Morgan fingerprint density at radius 3 is 2.05 bits per heavy atom. The van der Waals surface area contributed by atoms with Crippen LogP contribution in [-0.2, 0) is 4.74 Å². The Balaban J connectivity index is 3.13. The van der Waals surface area contributed by atoms with Crippen LogP contribution < -0.4 is 5.73 Å². The van der Waals surface area contributed by atoms with Gasteiger partial charge in [-0.05, 0) is 30.4 Å². The predicted molar refractivity (Wildman–Crippen MR) is 67.0 cm³/mol. The van der Waals surface area contributed by atoms with Crippen LogP contribution in [0.1, 0.15) is 29.9 Å². The van der Waals surface area contributed by atoms with Crippen LogP contribution >= 0.6 is 11.3 Å². The maximum atomic E-state index is 12.6. The molecular formula is C12H15F6NOS. The highest BCUT2D eigenvalue weighted by Crippen LogP contribution is 2.41. The molecule has 9 heteroatoms. The van der Waals surface area contributed by atoms with Crippen LogP contribution in [0.15, 0.2) is 11.4 Å². The number of hydrogen-bond donors (Lipinski definition) is 1. The zero-order chi connectivity index (χ0) is 16.4. The lowest BCUT2D eigenvalue weighted by atomic mass is 10.0. The van der Waals surface area contributed by atoms with E-state index < -0.39 is 30.6 Å². The summed E-state index contributed by atoms with van der Waals surface area (Å²) < 4.78 is 80.0. The third-order valence-corrected chi connectivity index (χ3v) is 3.98. The van der Waals surface area contributed by atoms with Gasteiger partial charge in [0.15, 0.2) is 0 Å². The Morgan fingerprint density at radius 2 is 1.71 bits per heavy atom. The first-order valence-electron chi connectivity index (χ1n) is 6.07. The van der Waals surface area contributed by atoms with Crippen molar-refractivity contribution in [3.8, 4) is 0 Å². The molecule has 21 heavy (non-hydrogen) atoms. The summed E-state index contributed by atoms with van der Waals surface area (Å²) in [6.45, 7) is 3.15. The summed E-state index contributed by atoms with van der Waals surface area (Å²) in [5.74, 6) is 0. The number of halogens is 6. The third-order valence-electron chi connectivity index (χ3n) is 2.90. The third kappa shape index (κ3) is 4.58. The van der Waals surface area contributed by atoms with E-state index >= 15 is 0 Å². The van der Waals surface area contributed by atoms with Crippen LogP contribution in [0.25, 0.3) is 0 Å². The summed E-state index contributed by atoms with van der Waals surface area (Å²) in [5.41, 5.74) is 6.21. The van der Waals surface area contributed by atoms with Crippen LogP contribution in [0.4, 0.5) is 26.3 Å². The van der Waals surface area contributed by atoms with Gasteiger partial charge in [-0.2, -0.15) is 26.3 Å². The molecule has 0 aliphatic heterocycles. The van der Waals surface area contributed by atoms with E-state index in [2.05, 4.69) is 4.74 Å². The molecule has 2 unspecified atom stereocenters. The SMILES string of the molecule is CCC(N)C(OC(C(F)(F)F)C(F)(F)F)c1sccc1C. The number of aryl methyl sites for hydroxylation is 1. The number of nitrogens with two attached hydrogens (primary N) is 1. The fourth-order valence-corrected chi connectivity index (χ4v) is 2.77. The van der Waals surface area contributed by atoms with E-state index in [4.69, 9.17) is 5.73 Å². The van der Waals surface area contributed by atoms with Crippen molar-refractivity contribution in [2.75, 3.05) is 0 Å². The lowest BCUT2D eigenvalue weighted by Gasteiger charge is -2.30. The highest BCUT2D eigenvalue weighted by atomic mass is 32.1. The molecule has 122 valence electrons. The Hall–Kier alpha value is -0.800. The van der Waals surface area contributed by atoms with Crippen molar-refractivity contribution in [2.45, 2.75) is 50.9 Å². The van der Waals surface area contributed by atoms with E-state index in [0.29, 0.717) is 5.56 Å². The minimum Gasteiger partial charge on any atom is -0.350 e. The Labute approximate surface area is 121 Å². The summed E-state index contributed by atoms with van der Waals surface area (Å²) in [6, 6.07) is 0.629. The maximum Gasteiger partial charge on any atom is 0.423 e. The second-order valence-electron chi connectivity index (χ2n) is 4.56. The molecule has 0 amide bonds. The molecule has 0 saturated carbocycles. The molecule has 2 N–H and O–H groups in total. The highest BCUT2D eigenvalue weighted by Gasteiger charge is 2.59. The smallest absolute Gasteiger partial charge is 0.350 e. The summed E-state index contributed by atoms with van der Waals surface area (Å²) in [6.07, 6.45) is -16.2. The fraction of sp³-hybridized carbons (Fsp3) is 0.667. The quantitative estimate of drug-likeness (QED) is 0.812. The van der Waals surface area contributed by atoms with Gasteiger partial charge < -0.3 is 10.5 Å². The van der Waals surface area contributed by atoms with Gasteiger partial charge in [0.1, 0.15) is 6.10 Å². The van der Waals surface area contributed by atoms with Crippen molar-refractivity contribution >= 4 is 11.3 Å². The normalized spacial score (nSPS) is 16.3. The molecule has 1 rings (SSSR count). The van der Waals surface area contributed by atoms with Gasteiger partial charge in [-0.25, -0.2) is 0 Å². The first kappa shape index (κ1) is 18.2. The Kier molecular flexibility index (Phi) is 5.68. The molecule has 0 spiro atoms. The molecule has 1 aromatic rings. The average molecular weight is 335 g/mol. The van der Waals surface area contributed by atoms with Gasteiger partial charge in [-0.15, -0.1) is 11.3 Å². The van der Waals surface area contributed by atoms with Crippen molar-refractivity contribution in [1.82, 2.24) is 0 Å². The van der Waals surface area contributed by atoms with Gasteiger partial charge in [0, 0.05) is 10.9 Å². The number of hydrogen-bond acceptors (Lipinski definition) is 3. The van der Waals surface area contributed by atoms with Crippen molar-refractivity contribution < 1.29 is 31.1 Å². The molecule has 0 aliphatic carbocycles. The van der Waals surface area contributed by atoms with E-state index in [1.165, 1.54) is 0 Å². The second kappa shape index (κ2) is 6.53. The molecular weight excluding hydrogens is 320 g/mol. The van der Waals surface area contributed by atoms with E-state index in [1.807, 2.05) is 0 Å². The van der Waals surface area contributed by atoms with Crippen LogP contribution in [0, 0.1) is 6.92 Å². The second-order valence-corrected chi connectivity index (χ2v) is 5.51. The van der Waals surface area contributed by atoms with Gasteiger partial charge in [0.05, 0.1) is 0 Å². The molecule has 0 saturated heterocycles. The molecule has 1 heterocycles. The summed E-state index contributed by atoms with van der Waals surface area (Å²) >= 11 is 1.02. The molecule has 2 atom stereocenters. The fourth-order valence-electron chi connectivity index (χ4n) is 1.73. The summed E-state index contributed by atoms with van der Waals surface area (Å²) in [7, 11) is 0. The Morgan fingerprint density at radius 1 is 1.19 bits per heavy atom. The molecule has 0 aromatic carbocycles. The van der Waals surface area contributed by atoms with E-state index in [1.54, 1.807) is 25.3 Å². The van der Waals surface area contributed by atoms with Crippen molar-refractivity contribution in [2.24, 2.45) is 5.73 Å². The van der Waals surface area contributed by atoms with E-state index in [9.17, 15) is 26.3 Å². The van der Waals surface area contributed by atoms with E-state index in [0.717, 1.165) is 11.3 Å². The van der Waals surface area contributed by atoms with Gasteiger partial charge in [-0.3, -0.25) is 0 Å². The number of rotatable bonds is 5. The van der Waals surface area contributed by atoms with Gasteiger partial charge in [0.25, 0.3) is 0 Å². The first-order valence-corrected chi connectivity index (χ1v) is 6.94. The lowest BCUT2D eigenvalue weighted by molar-refractivity contribution is -0.333. The molecule has 0 fully saturated rings. The van der Waals surface area contributed by atoms with Crippen LogP contribution in [0.2, 0.25) is 0 Å². The minimum atomic E-state index is -5.55. The summed E-state index contributed by atoms with van der Waals surface area (Å²) in [4.78, 5) is 0.280. The number of ether oxygens (including phenoxy) is 1. The van der Waals surface area contributed by atoms with Gasteiger partial charge in [-0.1, -0.05) is 6.92 Å². The molecule has 0 bridgehead atoms. The molecule has 1 aromatic heterocycles. The lowest BCUT2D eigenvalue weighted by Crippen LogP contribution is -2.47. The van der Waals surface area contributed by atoms with Gasteiger partial charge >= 0.3 is 12.4 Å². The largest absolute Gasteiger partial charge is 0.423 e. The number of alkyl halides is 6. The van der Waals surface area contributed by atoms with Crippen molar-refractivity contribution in [3.63, 3.8) is 0 Å².